The molecule has 1 heterocycles. The van der Waals surface area contributed by atoms with E-state index >= 15 is 0 Å². The fraction of sp³-hybridized carbons (Fsp3) is 0.500. The van der Waals surface area contributed by atoms with Gasteiger partial charge in [-0.2, -0.15) is 0 Å². The Hall–Kier alpha value is -2.37. The molecule has 0 spiro atoms. The van der Waals surface area contributed by atoms with Crippen molar-refractivity contribution in [1.82, 2.24) is 10.2 Å². The number of nitrogens with one attached hydrogen (secondary N) is 1. The molecular weight excluding hydrogens is 308 g/mol. The summed E-state index contributed by atoms with van der Waals surface area (Å²) >= 11 is 0. The molecule has 1 fully saturated rings. The van der Waals surface area contributed by atoms with Crippen molar-refractivity contribution in [3.05, 3.63) is 35.4 Å². The normalized spacial score (nSPS) is 16.5. The number of benzene rings is 1. The Morgan fingerprint density at radius 1 is 1.21 bits per heavy atom. The molecule has 1 unspecified atom stereocenters. The standard InChI is InChI=1S/C18H24N2O4/c1-12-3-5-14(6-4-12)16(19-13(2)21)11-17(22)20-9-7-15(8-10-20)18(23)24/h3-6,15-16H,7-11H2,1-2H3,(H,19,21)(H,23,24). The fourth-order valence-electron chi connectivity index (χ4n) is 2.98. The van der Waals surface area contributed by atoms with Crippen molar-refractivity contribution in [2.24, 2.45) is 5.92 Å². The molecule has 2 rings (SSSR count). The Morgan fingerprint density at radius 2 is 1.79 bits per heavy atom. The smallest absolute Gasteiger partial charge is 0.306 e. The molecule has 6 nitrogen and oxygen atoms in total. The molecule has 0 aromatic heterocycles. The second-order valence-corrected chi connectivity index (χ2v) is 6.36. The van der Waals surface area contributed by atoms with Gasteiger partial charge in [0.15, 0.2) is 0 Å². The van der Waals surface area contributed by atoms with Gasteiger partial charge in [0.25, 0.3) is 0 Å². The first kappa shape index (κ1) is 18.0. The van der Waals surface area contributed by atoms with Gasteiger partial charge in [-0.15, -0.1) is 0 Å². The zero-order chi connectivity index (χ0) is 17.7. The highest BCUT2D eigenvalue weighted by Gasteiger charge is 2.28. The molecule has 2 amide bonds. The average Bonchev–Trinajstić information content (AvgIpc) is 2.54. The second kappa shape index (κ2) is 7.95. The molecule has 1 aliphatic heterocycles. The van der Waals surface area contributed by atoms with Crippen LogP contribution in [0.3, 0.4) is 0 Å². The Balaban J connectivity index is 2.01. The average molecular weight is 332 g/mol. The zero-order valence-corrected chi connectivity index (χ0v) is 14.1. The number of aliphatic carboxylic acids is 1. The number of amides is 2. The van der Waals surface area contributed by atoms with Gasteiger partial charge >= 0.3 is 5.97 Å². The fourth-order valence-corrected chi connectivity index (χ4v) is 2.98. The second-order valence-electron chi connectivity index (χ2n) is 6.36. The van der Waals surface area contributed by atoms with Crippen LogP contribution in [0.1, 0.15) is 43.4 Å². The topological polar surface area (TPSA) is 86.7 Å². The molecule has 1 aromatic rings. The summed E-state index contributed by atoms with van der Waals surface area (Å²) in [6.45, 7) is 4.33. The number of carbonyl (C=O) groups excluding carboxylic acids is 2. The lowest BCUT2D eigenvalue weighted by Gasteiger charge is -2.31. The van der Waals surface area contributed by atoms with Crippen LogP contribution in [0.2, 0.25) is 0 Å². The van der Waals surface area contributed by atoms with Crippen LogP contribution in [0.4, 0.5) is 0 Å². The first-order valence-electron chi connectivity index (χ1n) is 8.21. The number of nitrogens with zero attached hydrogens (tertiary/aromatic N) is 1. The monoisotopic (exact) mass is 332 g/mol. The summed E-state index contributed by atoms with van der Waals surface area (Å²) in [4.78, 5) is 36.7. The maximum Gasteiger partial charge on any atom is 0.306 e. The van der Waals surface area contributed by atoms with E-state index in [2.05, 4.69) is 5.32 Å². The quantitative estimate of drug-likeness (QED) is 0.862. The van der Waals surface area contributed by atoms with Crippen LogP contribution < -0.4 is 5.32 Å². The van der Waals surface area contributed by atoms with E-state index in [1.165, 1.54) is 6.92 Å². The van der Waals surface area contributed by atoms with Crippen LogP contribution in [0, 0.1) is 12.8 Å². The molecule has 130 valence electrons. The molecule has 0 radical (unpaired) electrons. The number of carbonyl (C=O) groups is 3. The molecule has 1 aliphatic rings. The van der Waals surface area contributed by atoms with Gasteiger partial charge in [-0.3, -0.25) is 14.4 Å². The Bertz CT molecular complexity index is 604. The summed E-state index contributed by atoms with van der Waals surface area (Å²) in [6, 6.07) is 7.37. The highest BCUT2D eigenvalue weighted by Crippen LogP contribution is 2.22. The predicted molar refractivity (Wildman–Crippen MR) is 89.3 cm³/mol. The van der Waals surface area contributed by atoms with Gasteiger partial charge in [0, 0.05) is 20.0 Å². The van der Waals surface area contributed by atoms with Crippen molar-refractivity contribution < 1.29 is 19.5 Å². The van der Waals surface area contributed by atoms with Crippen molar-refractivity contribution in [1.29, 1.82) is 0 Å². The molecule has 0 bridgehead atoms. The van der Waals surface area contributed by atoms with E-state index in [0.29, 0.717) is 25.9 Å². The van der Waals surface area contributed by atoms with Gasteiger partial charge in [-0.05, 0) is 25.3 Å². The van der Waals surface area contributed by atoms with Gasteiger partial charge < -0.3 is 15.3 Å². The number of likely N-dealkylation sites (tertiary alicyclic amines) is 1. The highest BCUT2D eigenvalue weighted by molar-refractivity contribution is 5.79. The summed E-state index contributed by atoms with van der Waals surface area (Å²) in [7, 11) is 0. The number of piperidine rings is 1. The van der Waals surface area contributed by atoms with Crippen LogP contribution in [-0.4, -0.2) is 40.9 Å². The first-order valence-corrected chi connectivity index (χ1v) is 8.21. The molecular formula is C18H24N2O4. The Morgan fingerprint density at radius 3 is 2.29 bits per heavy atom. The van der Waals surface area contributed by atoms with E-state index in [-0.39, 0.29) is 30.2 Å². The van der Waals surface area contributed by atoms with Crippen molar-refractivity contribution in [2.45, 2.75) is 39.2 Å². The summed E-state index contributed by atoms with van der Waals surface area (Å²) in [6.07, 6.45) is 1.15. The van der Waals surface area contributed by atoms with Crippen molar-refractivity contribution >= 4 is 17.8 Å². The molecule has 1 aromatic carbocycles. The molecule has 0 saturated carbocycles. The minimum atomic E-state index is -0.794. The molecule has 1 saturated heterocycles. The maximum absolute atomic E-state index is 12.5. The number of carboxylic acids is 1. The van der Waals surface area contributed by atoms with Crippen LogP contribution in [-0.2, 0) is 14.4 Å². The number of hydrogen-bond acceptors (Lipinski definition) is 3. The molecule has 1 atom stereocenters. The molecule has 0 aliphatic carbocycles. The van der Waals surface area contributed by atoms with Gasteiger partial charge in [0.05, 0.1) is 18.4 Å². The van der Waals surface area contributed by atoms with E-state index in [1.54, 1.807) is 4.90 Å². The third-order valence-electron chi connectivity index (χ3n) is 4.43. The van der Waals surface area contributed by atoms with E-state index in [9.17, 15) is 14.4 Å². The summed E-state index contributed by atoms with van der Waals surface area (Å²) in [5.74, 6) is -1.40. The number of carboxylic acid groups (broad SMARTS) is 1. The van der Waals surface area contributed by atoms with Gasteiger partial charge in [-0.1, -0.05) is 29.8 Å². The lowest BCUT2D eigenvalue weighted by atomic mass is 9.96. The molecule has 2 N–H and O–H groups in total. The zero-order valence-electron chi connectivity index (χ0n) is 14.1. The van der Waals surface area contributed by atoms with Gasteiger partial charge in [-0.25, -0.2) is 0 Å². The Kier molecular flexibility index (Phi) is 5.95. The minimum Gasteiger partial charge on any atom is -0.481 e. The van der Waals surface area contributed by atoms with E-state index in [0.717, 1.165) is 11.1 Å². The summed E-state index contributed by atoms with van der Waals surface area (Å²) < 4.78 is 0. The van der Waals surface area contributed by atoms with Crippen LogP contribution in [0.15, 0.2) is 24.3 Å². The maximum atomic E-state index is 12.5. The lowest BCUT2D eigenvalue weighted by molar-refractivity contribution is -0.146. The van der Waals surface area contributed by atoms with Crippen LogP contribution in [0.25, 0.3) is 0 Å². The van der Waals surface area contributed by atoms with E-state index < -0.39 is 5.97 Å². The lowest BCUT2D eigenvalue weighted by Crippen LogP contribution is -2.42. The first-order chi connectivity index (χ1) is 11.4. The number of rotatable bonds is 5. The van der Waals surface area contributed by atoms with Gasteiger partial charge in [0.1, 0.15) is 0 Å². The Labute approximate surface area is 141 Å². The van der Waals surface area contributed by atoms with Crippen molar-refractivity contribution in [3.63, 3.8) is 0 Å². The molecule has 24 heavy (non-hydrogen) atoms. The third-order valence-corrected chi connectivity index (χ3v) is 4.43. The number of aryl methyl sites for hydroxylation is 1. The summed E-state index contributed by atoms with van der Waals surface area (Å²) in [5.41, 5.74) is 2.01. The summed E-state index contributed by atoms with van der Waals surface area (Å²) in [5, 5.41) is 11.9. The minimum absolute atomic E-state index is 0.0573. The van der Waals surface area contributed by atoms with Gasteiger partial charge in [0.2, 0.25) is 11.8 Å². The highest BCUT2D eigenvalue weighted by atomic mass is 16.4. The predicted octanol–water partition coefficient (Wildman–Crippen LogP) is 1.89. The SMILES string of the molecule is CC(=O)NC(CC(=O)N1CCC(C(=O)O)CC1)c1ccc(C)cc1. The molecule has 6 heteroatoms. The van der Waals surface area contributed by atoms with E-state index in [4.69, 9.17) is 5.11 Å². The van der Waals surface area contributed by atoms with Crippen molar-refractivity contribution in [2.75, 3.05) is 13.1 Å². The van der Waals surface area contributed by atoms with E-state index in [1.807, 2.05) is 31.2 Å². The number of hydrogen-bond donors (Lipinski definition) is 2. The third kappa shape index (κ3) is 4.81. The van der Waals surface area contributed by atoms with Crippen LogP contribution >= 0.6 is 0 Å². The van der Waals surface area contributed by atoms with Crippen molar-refractivity contribution in [3.8, 4) is 0 Å². The largest absolute Gasteiger partial charge is 0.481 e. The van der Waals surface area contributed by atoms with Crippen LogP contribution in [0.5, 0.6) is 0 Å².